The summed E-state index contributed by atoms with van der Waals surface area (Å²) in [7, 11) is 0. The van der Waals surface area contributed by atoms with Crippen molar-refractivity contribution in [3.05, 3.63) is 0 Å². The monoisotopic (exact) mass is 316 g/mol. The van der Waals surface area contributed by atoms with Crippen LogP contribution in [-0.4, -0.2) is 21.9 Å². The first kappa shape index (κ1) is 16.0. The van der Waals surface area contributed by atoms with Crippen LogP contribution in [-0.2, 0) is 0 Å². The van der Waals surface area contributed by atoms with Gasteiger partial charge in [-0.05, 0) is 86.9 Å². The van der Waals surface area contributed by atoms with E-state index in [0.717, 1.165) is 43.9 Å². The molecule has 4 unspecified atom stereocenters. The molecule has 4 aliphatic carbocycles. The number of fused-ring (bicyclic) bond motifs is 5. The second-order valence-corrected chi connectivity index (χ2v) is 9.58. The summed E-state index contributed by atoms with van der Waals surface area (Å²) < 4.78 is 0. The minimum Gasteiger partial charge on any atom is -0.393 e. The molecular weight excluding hydrogens is 284 g/mol. The molecule has 4 rings (SSSR count). The fourth-order valence-corrected chi connectivity index (χ4v) is 7.49. The number of aliphatic hydroxyl groups is 2. The van der Waals surface area contributed by atoms with Gasteiger partial charge in [-0.3, -0.25) is 0 Å². The molecule has 0 aromatic rings. The van der Waals surface area contributed by atoms with Gasteiger partial charge in [0.2, 0.25) is 0 Å². The first-order valence-corrected chi connectivity index (χ1v) is 9.72. The van der Waals surface area contributed by atoms with Crippen LogP contribution in [0.25, 0.3) is 0 Å². The van der Waals surface area contributed by atoms with E-state index < -0.39 is 5.60 Å². The molecule has 4 saturated carbocycles. The molecule has 4 fully saturated rings. The highest BCUT2D eigenvalue weighted by Crippen LogP contribution is 2.68. The van der Waals surface area contributed by atoms with Crippen molar-refractivity contribution in [3.8, 4) is 12.3 Å². The first-order valence-electron chi connectivity index (χ1n) is 9.72. The lowest BCUT2D eigenvalue weighted by Crippen LogP contribution is -2.56. The van der Waals surface area contributed by atoms with Crippen molar-refractivity contribution < 1.29 is 10.2 Å². The van der Waals surface area contributed by atoms with Crippen LogP contribution in [0, 0.1) is 46.8 Å². The lowest BCUT2D eigenvalue weighted by molar-refractivity contribution is -0.144. The highest BCUT2D eigenvalue weighted by atomic mass is 16.3. The number of rotatable bonds is 0. The van der Waals surface area contributed by atoms with Gasteiger partial charge in [0, 0.05) is 5.41 Å². The van der Waals surface area contributed by atoms with Gasteiger partial charge in [0.05, 0.1) is 6.10 Å². The Morgan fingerprint density at radius 3 is 2.43 bits per heavy atom. The molecule has 0 aromatic heterocycles. The van der Waals surface area contributed by atoms with Crippen LogP contribution in [0.4, 0.5) is 0 Å². The lowest BCUT2D eigenvalue weighted by Gasteiger charge is -2.61. The van der Waals surface area contributed by atoms with Crippen molar-refractivity contribution in [2.45, 2.75) is 83.3 Å². The van der Waals surface area contributed by atoms with Crippen molar-refractivity contribution in [3.63, 3.8) is 0 Å². The number of aliphatic hydroxyl groups excluding tert-OH is 1. The lowest BCUT2D eigenvalue weighted by atomic mass is 9.44. The van der Waals surface area contributed by atoms with Crippen LogP contribution < -0.4 is 0 Å². The molecule has 2 N–H and O–H groups in total. The maximum atomic E-state index is 11.0. The van der Waals surface area contributed by atoms with Crippen LogP contribution in [0.3, 0.4) is 0 Å². The van der Waals surface area contributed by atoms with Crippen LogP contribution >= 0.6 is 0 Å². The molecule has 8 atom stereocenters. The van der Waals surface area contributed by atoms with Crippen LogP contribution in [0.5, 0.6) is 0 Å². The predicted octanol–water partition coefficient (Wildman–Crippen LogP) is 3.75. The third-order valence-electron chi connectivity index (χ3n) is 9.03. The normalized spacial score (nSPS) is 58.7. The molecule has 2 nitrogen and oxygen atoms in total. The van der Waals surface area contributed by atoms with E-state index in [0.29, 0.717) is 17.3 Å². The summed E-state index contributed by atoms with van der Waals surface area (Å²) in [6, 6.07) is 0. The second-order valence-electron chi connectivity index (χ2n) is 9.58. The second kappa shape index (κ2) is 4.99. The van der Waals surface area contributed by atoms with Crippen molar-refractivity contribution in [1.29, 1.82) is 0 Å². The third kappa shape index (κ3) is 1.96. The zero-order chi connectivity index (χ0) is 16.5. The Labute approximate surface area is 141 Å². The number of hydrogen-bond donors (Lipinski definition) is 2. The molecule has 0 heterocycles. The molecule has 4 aliphatic rings. The minimum atomic E-state index is -0.886. The van der Waals surface area contributed by atoms with Gasteiger partial charge >= 0.3 is 0 Å². The molecule has 0 aromatic carbocycles. The average molecular weight is 316 g/mol. The Bertz CT molecular complexity index is 536. The highest BCUT2D eigenvalue weighted by molar-refractivity contribution is 5.23. The standard InChI is InChI=1S/C21H32O2/c1-4-21(23)12-9-18-16-6-5-14-13-15(22)7-10-19(14,2)17(16)8-11-20(18,21)3/h1,14-18,22-23H,5-13H2,2-3H3/t14-,15?,16?,17?,18?,19-,20-,21-/m0/s1. The van der Waals surface area contributed by atoms with Crippen LogP contribution in [0.2, 0.25) is 0 Å². The Hall–Kier alpha value is -0.520. The van der Waals surface area contributed by atoms with E-state index in [-0.39, 0.29) is 11.5 Å². The van der Waals surface area contributed by atoms with E-state index >= 15 is 0 Å². The Morgan fingerprint density at radius 1 is 0.957 bits per heavy atom. The number of terminal acetylenes is 1. The molecule has 0 spiro atoms. The molecule has 0 radical (unpaired) electrons. The molecule has 0 saturated heterocycles. The molecule has 128 valence electrons. The van der Waals surface area contributed by atoms with Gasteiger partial charge in [0.25, 0.3) is 0 Å². The zero-order valence-corrected chi connectivity index (χ0v) is 14.7. The molecule has 23 heavy (non-hydrogen) atoms. The molecule has 0 amide bonds. The van der Waals surface area contributed by atoms with Gasteiger partial charge < -0.3 is 10.2 Å². The van der Waals surface area contributed by atoms with Gasteiger partial charge in [-0.1, -0.05) is 19.8 Å². The Kier molecular flexibility index (Phi) is 3.47. The quantitative estimate of drug-likeness (QED) is 0.668. The zero-order valence-electron chi connectivity index (χ0n) is 14.7. The van der Waals surface area contributed by atoms with E-state index in [4.69, 9.17) is 6.42 Å². The van der Waals surface area contributed by atoms with E-state index in [9.17, 15) is 10.2 Å². The smallest absolute Gasteiger partial charge is 0.130 e. The van der Waals surface area contributed by atoms with Gasteiger partial charge in [-0.2, -0.15) is 0 Å². The average Bonchev–Trinajstić information content (AvgIpc) is 2.80. The molecular formula is C21H32O2. The summed E-state index contributed by atoms with van der Waals surface area (Å²) in [5.74, 6) is 5.56. The topological polar surface area (TPSA) is 40.5 Å². The van der Waals surface area contributed by atoms with E-state index in [1.807, 2.05) is 0 Å². The van der Waals surface area contributed by atoms with Gasteiger partial charge in [-0.25, -0.2) is 0 Å². The Morgan fingerprint density at radius 2 is 1.70 bits per heavy atom. The summed E-state index contributed by atoms with van der Waals surface area (Å²) in [5, 5.41) is 21.1. The summed E-state index contributed by atoms with van der Waals surface area (Å²) in [4.78, 5) is 0. The first-order chi connectivity index (χ1) is 10.8. The third-order valence-corrected chi connectivity index (χ3v) is 9.03. The van der Waals surface area contributed by atoms with E-state index in [1.165, 1.54) is 25.7 Å². The fraction of sp³-hybridized carbons (Fsp3) is 0.905. The van der Waals surface area contributed by atoms with Gasteiger partial charge in [0.1, 0.15) is 5.60 Å². The summed E-state index contributed by atoms with van der Waals surface area (Å²) in [5.41, 5.74) is -0.566. The van der Waals surface area contributed by atoms with Crippen LogP contribution in [0.1, 0.15) is 71.6 Å². The summed E-state index contributed by atoms with van der Waals surface area (Å²) in [6.45, 7) is 4.77. The predicted molar refractivity (Wildman–Crippen MR) is 91.5 cm³/mol. The van der Waals surface area contributed by atoms with Crippen molar-refractivity contribution in [2.24, 2.45) is 34.5 Å². The maximum absolute atomic E-state index is 11.0. The van der Waals surface area contributed by atoms with Crippen molar-refractivity contribution in [2.75, 3.05) is 0 Å². The van der Waals surface area contributed by atoms with Crippen molar-refractivity contribution >= 4 is 0 Å². The Balaban J connectivity index is 1.65. The van der Waals surface area contributed by atoms with Crippen LogP contribution in [0.15, 0.2) is 0 Å². The summed E-state index contributed by atoms with van der Waals surface area (Å²) >= 11 is 0. The highest BCUT2D eigenvalue weighted by Gasteiger charge is 2.64. The van der Waals surface area contributed by atoms with Gasteiger partial charge in [0.15, 0.2) is 0 Å². The minimum absolute atomic E-state index is 0.0727. The largest absolute Gasteiger partial charge is 0.393 e. The van der Waals surface area contributed by atoms with E-state index in [2.05, 4.69) is 19.8 Å². The van der Waals surface area contributed by atoms with Gasteiger partial charge in [-0.15, -0.1) is 6.42 Å². The van der Waals surface area contributed by atoms with E-state index in [1.54, 1.807) is 0 Å². The van der Waals surface area contributed by atoms with Crippen molar-refractivity contribution in [1.82, 2.24) is 0 Å². The number of hydrogen-bond acceptors (Lipinski definition) is 2. The fourth-order valence-electron chi connectivity index (χ4n) is 7.49. The summed E-state index contributed by atoms with van der Waals surface area (Å²) in [6.07, 6.45) is 15.6. The SMILES string of the molecule is C#C[C@]1(O)CCC2C3CC[C@H]4CC(O)CC[C@]4(C)C3CC[C@@]21C. The molecule has 0 aliphatic heterocycles. The molecule has 2 heteroatoms. The molecule has 0 bridgehead atoms. The maximum Gasteiger partial charge on any atom is 0.130 e.